The van der Waals surface area contributed by atoms with Gasteiger partial charge in [0.25, 0.3) is 11.6 Å². The van der Waals surface area contributed by atoms with E-state index in [4.69, 9.17) is 4.74 Å². The lowest BCUT2D eigenvalue weighted by atomic mass is 10.2. The van der Waals surface area contributed by atoms with Crippen LogP contribution in [0.15, 0.2) is 18.2 Å². The number of nitro benzene ring substituents is 1. The molecule has 2 heterocycles. The second-order valence-electron chi connectivity index (χ2n) is 5.94. The van der Waals surface area contributed by atoms with Gasteiger partial charge in [-0.25, -0.2) is 0 Å². The van der Waals surface area contributed by atoms with Gasteiger partial charge < -0.3 is 15.0 Å². The van der Waals surface area contributed by atoms with Crippen molar-refractivity contribution < 1.29 is 14.5 Å². The average Bonchev–Trinajstić information content (AvgIpc) is 3.31. The number of alkyl halides is 1. The number of hydrogen-bond donors (Lipinski definition) is 1. The first-order valence-electron chi connectivity index (χ1n) is 8.82. The molecule has 3 rings (SSSR count). The number of ether oxygens (including phenoxy) is 1. The molecule has 0 spiro atoms. The SMILES string of the molecule is CBr.CCOc1c(C(=O)NCCN2CCCC2)sc2ccc([N+](=O)[O-])cc12. The maximum Gasteiger partial charge on any atom is 0.270 e. The van der Waals surface area contributed by atoms with Crippen LogP contribution < -0.4 is 10.1 Å². The zero-order valence-electron chi connectivity index (χ0n) is 15.5. The quantitative estimate of drug-likeness (QED) is 0.385. The number of nitrogens with zero attached hydrogens (tertiary/aromatic N) is 2. The summed E-state index contributed by atoms with van der Waals surface area (Å²) in [6.45, 7) is 5.82. The van der Waals surface area contributed by atoms with E-state index in [9.17, 15) is 14.9 Å². The Morgan fingerprint density at radius 3 is 2.70 bits per heavy atom. The van der Waals surface area contributed by atoms with Crippen molar-refractivity contribution in [2.75, 3.05) is 38.6 Å². The molecular formula is C18H24BrN3O4S. The van der Waals surface area contributed by atoms with Crippen LogP contribution >= 0.6 is 27.3 Å². The molecule has 0 saturated carbocycles. The number of fused-ring (bicyclic) bond motifs is 1. The topological polar surface area (TPSA) is 84.7 Å². The van der Waals surface area contributed by atoms with Crippen molar-refractivity contribution in [3.8, 4) is 5.75 Å². The van der Waals surface area contributed by atoms with Crippen LogP contribution in [0.25, 0.3) is 10.1 Å². The van der Waals surface area contributed by atoms with E-state index in [-0.39, 0.29) is 11.6 Å². The summed E-state index contributed by atoms with van der Waals surface area (Å²) in [4.78, 5) is 25.9. The lowest BCUT2D eigenvalue weighted by Gasteiger charge is -2.14. The van der Waals surface area contributed by atoms with Gasteiger partial charge in [-0.1, -0.05) is 15.9 Å². The summed E-state index contributed by atoms with van der Waals surface area (Å²) < 4.78 is 6.45. The molecule has 1 saturated heterocycles. The smallest absolute Gasteiger partial charge is 0.270 e. The summed E-state index contributed by atoms with van der Waals surface area (Å²) in [6, 6.07) is 4.59. The summed E-state index contributed by atoms with van der Waals surface area (Å²) in [6.07, 6.45) is 2.44. The summed E-state index contributed by atoms with van der Waals surface area (Å²) in [7, 11) is 0. The van der Waals surface area contributed by atoms with Crippen molar-refractivity contribution in [1.29, 1.82) is 0 Å². The maximum absolute atomic E-state index is 12.6. The zero-order valence-corrected chi connectivity index (χ0v) is 17.9. The summed E-state index contributed by atoms with van der Waals surface area (Å²) in [5.74, 6) is 2.06. The Morgan fingerprint density at radius 1 is 1.37 bits per heavy atom. The van der Waals surface area contributed by atoms with Crippen molar-refractivity contribution >= 4 is 48.9 Å². The van der Waals surface area contributed by atoms with E-state index in [1.807, 2.05) is 12.8 Å². The first-order chi connectivity index (χ1) is 13.1. The van der Waals surface area contributed by atoms with Crippen molar-refractivity contribution in [3.63, 3.8) is 0 Å². The minimum atomic E-state index is -0.442. The second-order valence-corrected chi connectivity index (χ2v) is 6.99. The van der Waals surface area contributed by atoms with E-state index >= 15 is 0 Å². The van der Waals surface area contributed by atoms with Gasteiger partial charge in [-0.15, -0.1) is 11.3 Å². The molecule has 0 aliphatic carbocycles. The van der Waals surface area contributed by atoms with Gasteiger partial charge in [-0.05, 0) is 44.8 Å². The van der Waals surface area contributed by atoms with Gasteiger partial charge in [0.05, 0.1) is 11.5 Å². The van der Waals surface area contributed by atoms with Gasteiger partial charge >= 0.3 is 0 Å². The van der Waals surface area contributed by atoms with Crippen LogP contribution in [0.5, 0.6) is 5.75 Å². The molecule has 1 N–H and O–H groups in total. The third-order valence-electron chi connectivity index (χ3n) is 4.24. The van der Waals surface area contributed by atoms with Crippen LogP contribution in [0, 0.1) is 10.1 Å². The van der Waals surface area contributed by atoms with E-state index in [0.29, 0.717) is 29.2 Å². The third-order valence-corrected chi connectivity index (χ3v) is 5.39. The standard InChI is InChI=1S/C17H21N3O4S.CH3Br/c1-2-24-15-13-11-12(20(22)23)5-6-14(13)25-16(15)17(21)18-7-10-19-8-3-4-9-19;1-2/h5-6,11H,2-4,7-10H2,1H3,(H,18,21);1H3. The molecule has 7 nitrogen and oxygen atoms in total. The minimum Gasteiger partial charge on any atom is -0.491 e. The van der Waals surface area contributed by atoms with Crippen molar-refractivity contribution in [1.82, 2.24) is 10.2 Å². The predicted octanol–water partition coefficient (Wildman–Crippen LogP) is 4.04. The van der Waals surface area contributed by atoms with Crippen LogP contribution in [0.4, 0.5) is 5.69 Å². The second kappa shape index (κ2) is 10.6. The van der Waals surface area contributed by atoms with E-state index in [1.165, 1.54) is 36.3 Å². The average molecular weight is 458 g/mol. The molecule has 2 aromatic rings. The number of hydrogen-bond acceptors (Lipinski definition) is 6. The number of rotatable bonds is 7. The highest BCUT2D eigenvalue weighted by Crippen LogP contribution is 2.39. The van der Waals surface area contributed by atoms with Crippen LogP contribution in [-0.2, 0) is 0 Å². The third kappa shape index (κ3) is 5.40. The summed E-state index contributed by atoms with van der Waals surface area (Å²) in [5.41, 5.74) is -0.00718. The molecule has 9 heteroatoms. The highest BCUT2D eigenvalue weighted by atomic mass is 79.9. The van der Waals surface area contributed by atoms with Crippen LogP contribution in [-0.4, -0.2) is 54.3 Å². The Hall–Kier alpha value is -1.71. The molecule has 1 aliphatic rings. The first-order valence-corrected chi connectivity index (χ1v) is 11.2. The molecule has 1 aliphatic heterocycles. The maximum atomic E-state index is 12.6. The fraction of sp³-hybridized carbons (Fsp3) is 0.500. The van der Waals surface area contributed by atoms with Crippen LogP contribution in [0.1, 0.15) is 29.4 Å². The van der Waals surface area contributed by atoms with E-state index in [1.54, 1.807) is 6.07 Å². The number of carbonyl (C=O) groups excluding carboxylic acids is 1. The van der Waals surface area contributed by atoms with E-state index in [0.717, 1.165) is 24.3 Å². The normalized spacial score (nSPS) is 13.9. The Morgan fingerprint density at radius 2 is 2.07 bits per heavy atom. The molecule has 0 bridgehead atoms. The number of thiophene rings is 1. The van der Waals surface area contributed by atoms with Crippen molar-refractivity contribution in [2.24, 2.45) is 0 Å². The molecule has 1 aromatic heterocycles. The Kier molecular flexibility index (Phi) is 8.46. The Bertz CT molecular complexity index is 790. The van der Waals surface area contributed by atoms with Gasteiger partial charge in [-0.2, -0.15) is 0 Å². The molecule has 0 unspecified atom stereocenters. The fourth-order valence-corrected chi connectivity index (χ4v) is 4.07. The molecule has 0 radical (unpaired) electrons. The van der Waals surface area contributed by atoms with Gasteiger partial charge in [0, 0.05) is 35.3 Å². The molecular weight excluding hydrogens is 434 g/mol. The summed E-state index contributed by atoms with van der Waals surface area (Å²) >= 11 is 4.24. The number of non-ortho nitro benzene ring substituents is 1. The van der Waals surface area contributed by atoms with Crippen LogP contribution in [0.3, 0.4) is 0 Å². The monoisotopic (exact) mass is 457 g/mol. The number of nitro groups is 1. The molecule has 1 amide bonds. The van der Waals surface area contributed by atoms with Crippen molar-refractivity contribution in [3.05, 3.63) is 33.2 Å². The lowest BCUT2D eigenvalue weighted by molar-refractivity contribution is -0.384. The minimum absolute atomic E-state index is 0.00718. The highest BCUT2D eigenvalue weighted by Gasteiger charge is 2.22. The number of likely N-dealkylation sites (tertiary alicyclic amines) is 1. The number of amides is 1. The zero-order chi connectivity index (χ0) is 19.8. The van der Waals surface area contributed by atoms with Crippen LogP contribution in [0.2, 0.25) is 0 Å². The largest absolute Gasteiger partial charge is 0.491 e. The highest BCUT2D eigenvalue weighted by molar-refractivity contribution is 9.08. The van der Waals surface area contributed by atoms with Gasteiger partial charge in [-0.3, -0.25) is 14.9 Å². The number of halogens is 1. The number of carbonyl (C=O) groups is 1. The van der Waals surface area contributed by atoms with E-state index < -0.39 is 4.92 Å². The fourth-order valence-electron chi connectivity index (χ4n) is 3.03. The molecule has 27 heavy (non-hydrogen) atoms. The Balaban J connectivity index is 0.00000126. The van der Waals surface area contributed by atoms with Gasteiger partial charge in [0.15, 0.2) is 5.75 Å². The molecule has 1 aromatic carbocycles. The lowest BCUT2D eigenvalue weighted by Crippen LogP contribution is -2.33. The molecule has 1 fully saturated rings. The van der Waals surface area contributed by atoms with Gasteiger partial charge in [0.1, 0.15) is 4.88 Å². The number of benzene rings is 1. The van der Waals surface area contributed by atoms with Crippen molar-refractivity contribution in [2.45, 2.75) is 19.8 Å². The molecule has 148 valence electrons. The van der Waals surface area contributed by atoms with E-state index in [2.05, 4.69) is 26.1 Å². The summed E-state index contributed by atoms with van der Waals surface area (Å²) in [5, 5.41) is 14.6. The molecule has 0 atom stereocenters. The Labute approximate surface area is 171 Å². The number of nitrogens with one attached hydrogen (secondary N) is 1. The first kappa shape index (κ1) is 21.6. The van der Waals surface area contributed by atoms with Gasteiger partial charge in [0.2, 0.25) is 0 Å². The predicted molar refractivity (Wildman–Crippen MR) is 113 cm³/mol.